The van der Waals surface area contributed by atoms with Crippen LogP contribution in [0.4, 0.5) is 17.1 Å². The van der Waals surface area contributed by atoms with E-state index >= 15 is 0 Å². The van der Waals surface area contributed by atoms with Crippen LogP contribution < -0.4 is 10.2 Å². The van der Waals surface area contributed by atoms with Gasteiger partial charge in [0, 0.05) is 5.69 Å². The summed E-state index contributed by atoms with van der Waals surface area (Å²) in [7, 11) is 0. The normalized spacial score (nSPS) is 15.9. The number of hydrogen-bond acceptors (Lipinski definition) is 2. The van der Waals surface area contributed by atoms with Crippen molar-refractivity contribution in [2.45, 2.75) is 11.6 Å². The summed E-state index contributed by atoms with van der Waals surface area (Å²) in [6.45, 7) is 0. The number of nitrogens with one attached hydrogen (secondary N) is 1. The Morgan fingerprint density at radius 2 is 0.978 bits per heavy atom. The van der Waals surface area contributed by atoms with Crippen molar-refractivity contribution in [3.63, 3.8) is 0 Å². The first-order valence-corrected chi connectivity index (χ1v) is 16.1. The van der Waals surface area contributed by atoms with E-state index in [1.54, 1.807) is 0 Å². The highest BCUT2D eigenvalue weighted by Gasteiger charge is 2.51. The third-order valence-corrected chi connectivity index (χ3v) is 10.3. The zero-order chi connectivity index (χ0) is 30.2. The molecule has 7 aromatic carbocycles. The van der Waals surface area contributed by atoms with Crippen LogP contribution in [0.2, 0.25) is 0 Å². The fraction of sp³-hybridized carbons (Fsp3) is 0.0455. The van der Waals surface area contributed by atoms with Gasteiger partial charge in [-0.05, 0) is 85.5 Å². The van der Waals surface area contributed by atoms with Gasteiger partial charge in [0.1, 0.15) is 6.17 Å². The van der Waals surface area contributed by atoms with Gasteiger partial charge in [0.05, 0.1) is 16.8 Å². The van der Waals surface area contributed by atoms with Crippen molar-refractivity contribution in [2.24, 2.45) is 0 Å². The highest BCUT2D eigenvalue weighted by Crippen LogP contribution is 2.64. The predicted molar refractivity (Wildman–Crippen MR) is 190 cm³/mol. The molecule has 0 aromatic heterocycles. The number of hydrogen-bond donors (Lipinski definition) is 1. The summed E-state index contributed by atoms with van der Waals surface area (Å²) in [5, 5.41) is 3.76. The van der Waals surface area contributed by atoms with Crippen LogP contribution in [-0.4, -0.2) is 0 Å². The molecule has 0 bridgehead atoms. The summed E-state index contributed by atoms with van der Waals surface area (Å²) < 4.78 is 0. The van der Waals surface area contributed by atoms with Gasteiger partial charge in [-0.15, -0.1) is 0 Å². The van der Waals surface area contributed by atoms with Gasteiger partial charge in [-0.25, -0.2) is 0 Å². The van der Waals surface area contributed by atoms with Gasteiger partial charge in [-0.2, -0.15) is 0 Å². The molecule has 0 amide bonds. The second-order valence-electron chi connectivity index (χ2n) is 12.5. The van der Waals surface area contributed by atoms with Crippen molar-refractivity contribution in [1.82, 2.24) is 0 Å². The fourth-order valence-electron chi connectivity index (χ4n) is 8.50. The van der Waals surface area contributed by atoms with Crippen molar-refractivity contribution in [1.29, 1.82) is 0 Å². The maximum Gasteiger partial charge on any atom is 0.130 e. The van der Waals surface area contributed by atoms with Gasteiger partial charge in [0.25, 0.3) is 0 Å². The van der Waals surface area contributed by atoms with Gasteiger partial charge in [0.15, 0.2) is 0 Å². The Bertz CT molecular complexity index is 2260. The SMILES string of the molecule is c1ccc(C2Nc3ccccc3N2c2ccc(-c3cccc4c3-c3ccccc3C43c4ccccc4-c4ccccc43)cc2)cc1. The molecule has 0 radical (unpaired) electrons. The largest absolute Gasteiger partial charge is 0.359 e. The van der Waals surface area contributed by atoms with E-state index in [9.17, 15) is 0 Å². The van der Waals surface area contributed by atoms with Gasteiger partial charge < -0.3 is 10.2 Å². The molecule has 2 aliphatic carbocycles. The Morgan fingerprint density at radius 1 is 0.435 bits per heavy atom. The molecule has 1 unspecified atom stereocenters. The van der Waals surface area contributed by atoms with Gasteiger partial charge in [-0.3, -0.25) is 0 Å². The zero-order valence-corrected chi connectivity index (χ0v) is 25.2. The lowest BCUT2D eigenvalue weighted by Crippen LogP contribution is -2.25. The van der Waals surface area contributed by atoms with Crippen LogP contribution in [0.5, 0.6) is 0 Å². The van der Waals surface area contributed by atoms with Crippen LogP contribution in [0.3, 0.4) is 0 Å². The topological polar surface area (TPSA) is 15.3 Å². The molecule has 2 nitrogen and oxygen atoms in total. The van der Waals surface area contributed by atoms with Gasteiger partial charge >= 0.3 is 0 Å². The van der Waals surface area contributed by atoms with Crippen LogP contribution in [0, 0.1) is 0 Å². The third-order valence-electron chi connectivity index (χ3n) is 10.3. The Balaban J connectivity index is 1.15. The highest BCUT2D eigenvalue weighted by molar-refractivity contribution is 6.00. The van der Waals surface area contributed by atoms with Crippen LogP contribution in [0.1, 0.15) is 34.0 Å². The molecule has 7 aromatic rings. The first-order valence-electron chi connectivity index (χ1n) is 16.1. The summed E-state index contributed by atoms with van der Waals surface area (Å²) in [4.78, 5) is 2.42. The molecule has 3 aliphatic rings. The lowest BCUT2D eigenvalue weighted by atomic mass is 9.70. The summed E-state index contributed by atoms with van der Waals surface area (Å²) in [6.07, 6.45) is 0.0275. The standard InChI is InChI=1S/C44H30N2/c1-2-13-30(14-3-1)43-45-40-23-10-11-24-41(40)46(43)31-27-25-29(26-28-31)32-18-12-22-39-42(32)35-17-6-9-21-38(35)44(39)36-19-7-4-15-33(36)34-16-5-8-20-37(34)44/h1-28,43,45H. The number of rotatable bonds is 3. The van der Waals surface area contributed by atoms with Crippen molar-refractivity contribution in [3.8, 4) is 33.4 Å². The highest BCUT2D eigenvalue weighted by atomic mass is 15.3. The maximum atomic E-state index is 3.76. The van der Waals surface area contributed by atoms with Gasteiger partial charge in [-0.1, -0.05) is 146 Å². The molecule has 46 heavy (non-hydrogen) atoms. The third kappa shape index (κ3) is 3.31. The van der Waals surface area contributed by atoms with E-state index in [0.29, 0.717) is 0 Å². The second-order valence-corrected chi connectivity index (χ2v) is 12.5. The minimum absolute atomic E-state index is 0.0275. The van der Waals surface area contributed by atoms with E-state index < -0.39 is 0 Å². The first-order chi connectivity index (χ1) is 22.8. The van der Waals surface area contributed by atoms with Crippen molar-refractivity contribution >= 4 is 17.1 Å². The van der Waals surface area contributed by atoms with Crippen molar-refractivity contribution < 1.29 is 0 Å². The predicted octanol–water partition coefficient (Wildman–Crippen LogP) is 11.0. The average Bonchev–Trinajstić information content (AvgIpc) is 3.77. The van der Waals surface area contributed by atoms with Crippen LogP contribution >= 0.6 is 0 Å². The van der Waals surface area contributed by atoms with E-state index in [1.807, 2.05) is 0 Å². The van der Waals surface area contributed by atoms with E-state index in [2.05, 4.69) is 180 Å². The average molecular weight is 587 g/mol. The van der Waals surface area contributed by atoms with Gasteiger partial charge in [0.2, 0.25) is 0 Å². The summed E-state index contributed by atoms with van der Waals surface area (Å²) >= 11 is 0. The summed E-state index contributed by atoms with van der Waals surface area (Å²) in [5.74, 6) is 0. The number of nitrogens with zero attached hydrogens (tertiary/aromatic N) is 1. The van der Waals surface area contributed by atoms with Crippen LogP contribution in [0.25, 0.3) is 33.4 Å². The smallest absolute Gasteiger partial charge is 0.130 e. The lowest BCUT2D eigenvalue weighted by molar-refractivity contribution is 0.794. The molecule has 0 fully saturated rings. The van der Waals surface area contributed by atoms with Crippen LogP contribution in [0.15, 0.2) is 170 Å². The minimum atomic E-state index is -0.330. The summed E-state index contributed by atoms with van der Waals surface area (Å²) in [6, 6.07) is 62.5. The molecule has 10 rings (SSSR count). The molecule has 1 spiro atoms. The van der Waals surface area contributed by atoms with E-state index in [0.717, 1.165) is 11.4 Å². The van der Waals surface area contributed by atoms with Crippen LogP contribution in [-0.2, 0) is 5.41 Å². The molecule has 0 saturated carbocycles. The molecule has 1 heterocycles. The van der Waals surface area contributed by atoms with E-state index in [1.165, 1.54) is 66.9 Å². The molecular formula is C44H30N2. The Hall–Kier alpha value is -5.86. The van der Waals surface area contributed by atoms with Crippen molar-refractivity contribution in [3.05, 3.63) is 198 Å². The quantitative estimate of drug-likeness (QED) is 0.222. The molecule has 1 atom stereocenters. The second kappa shape index (κ2) is 9.57. The monoisotopic (exact) mass is 586 g/mol. The van der Waals surface area contributed by atoms with Crippen molar-refractivity contribution in [2.75, 3.05) is 10.2 Å². The minimum Gasteiger partial charge on any atom is -0.359 e. The maximum absolute atomic E-state index is 3.76. The first kappa shape index (κ1) is 25.5. The number of para-hydroxylation sites is 2. The Labute approximate surface area is 269 Å². The number of fused-ring (bicyclic) bond motifs is 11. The molecule has 216 valence electrons. The molecule has 0 saturated heterocycles. The molecule has 2 heteroatoms. The molecular weight excluding hydrogens is 556 g/mol. The molecule has 1 aliphatic heterocycles. The number of anilines is 3. The summed E-state index contributed by atoms with van der Waals surface area (Å²) in [5.41, 5.74) is 17.8. The number of benzene rings is 7. The Morgan fingerprint density at radius 3 is 1.70 bits per heavy atom. The van der Waals surface area contributed by atoms with E-state index in [-0.39, 0.29) is 11.6 Å². The van der Waals surface area contributed by atoms with E-state index in [4.69, 9.17) is 0 Å². The zero-order valence-electron chi connectivity index (χ0n) is 25.2. The Kier molecular flexibility index (Phi) is 5.30. The fourth-order valence-corrected chi connectivity index (χ4v) is 8.50. The molecule has 1 N–H and O–H groups in total. The lowest BCUT2D eigenvalue weighted by Gasteiger charge is -2.30.